The molecule has 0 aliphatic carbocycles. The summed E-state index contributed by atoms with van der Waals surface area (Å²) >= 11 is 6.08. The molecule has 0 saturated heterocycles. The number of nitro groups is 1. The van der Waals surface area contributed by atoms with Crippen LogP contribution >= 0.6 is 11.6 Å². The zero-order valence-corrected chi connectivity index (χ0v) is 34.7. The van der Waals surface area contributed by atoms with Crippen LogP contribution in [0.3, 0.4) is 0 Å². The summed E-state index contributed by atoms with van der Waals surface area (Å²) < 4.78 is 38.3. The van der Waals surface area contributed by atoms with E-state index in [1.807, 2.05) is 30.3 Å². The van der Waals surface area contributed by atoms with E-state index in [0.29, 0.717) is 30.7 Å². The Hall–Kier alpha value is -4.94. The van der Waals surface area contributed by atoms with E-state index in [0.717, 1.165) is 23.3 Å². The highest BCUT2D eigenvalue weighted by Crippen LogP contribution is 2.23. The summed E-state index contributed by atoms with van der Waals surface area (Å²) in [6.45, 7) is -0.0736. The Morgan fingerprint density at radius 1 is 0.845 bits per heavy atom. The molecule has 0 aromatic heterocycles. The zero-order chi connectivity index (χ0) is 42.8. The number of carbonyl (C=O) groups excluding carboxylic acids is 4. The number of hydrogen-bond donors (Lipinski definition) is 3. The van der Waals surface area contributed by atoms with Crippen molar-refractivity contribution < 1.29 is 42.0 Å². The predicted octanol–water partition coefficient (Wildman–Crippen LogP) is 3.50. The number of esters is 1. The van der Waals surface area contributed by atoms with Crippen molar-refractivity contribution in [3.05, 3.63) is 105 Å². The monoisotopic (exact) mass is 844 g/mol. The minimum Gasteiger partial charge on any atom is -0.469 e. The number of benzene rings is 3. The summed E-state index contributed by atoms with van der Waals surface area (Å²) in [5.41, 5.74) is 7.18. The molecule has 0 saturated carbocycles. The van der Waals surface area contributed by atoms with Crippen molar-refractivity contribution in [3.8, 4) is 0 Å². The molecule has 0 aliphatic rings. The van der Waals surface area contributed by atoms with E-state index in [1.54, 1.807) is 38.4 Å². The molecule has 4 N–H and O–H groups in total. The van der Waals surface area contributed by atoms with Crippen molar-refractivity contribution >= 4 is 51.0 Å². The van der Waals surface area contributed by atoms with Gasteiger partial charge in [-0.3, -0.25) is 29.3 Å². The van der Waals surface area contributed by atoms with Crippen molar-refractivity contribution in [2.45, 2.75) is 68.0 Å². The Balaban J connectivity index is 1.80. The molecule has 18 heteroatoms. The average molecular weight is 845 g/mol. The second kappa shape index (κ2) is 23.5. The molecule has 16 nitrogen and oxygen atoms in total. The number of nitrogens with one attached hydrogen (secondary N) is 2. The largest absolute Gasteiger partial charge is 0.469 e. The van der Waals surface area contributed by atoms with Gasteiger partial charge < -0.3 is 30.3 Å². The highest BCUT2D eigenvalue weighted by molar-refractivity contribution is 7.89. The molecule has 316 valence electrons. The van der Waals surface area contributed by atoms with E-state index < -0.39 is 67.4 Å². The number of amides is 3. The third-order valence-electron chi connectivity index (χ3n) is 9.72. The molecule has 3 aromatic carbocycles. The first-order chi connectivity index (χ1) is 27.6. The highest BCUT2D eigenvalue weighted by Gasteiger charge is 2.31. The van der Waals surface area contributed by atoms with Crippen LogP contribution in [0.25, 0.3) is 0 Å². The van der Waals surface area contributed by atoms with Crippen LogP contribution in [-0.2, 0) is 51.5 Å². The topological polar surface area (TPSA) is 221 Å². The fourth-order valence-electron chi connectivity index (χ4n) is 6.40. The lowest BCUT2D eigenvalue weighted by Crippen LogP contribution is -2.51. The van der Waals surface area contributed by atoms with Crippen LogP contribution in [0.4, 0.5) is 5.69 Å². The number of methoxy groups -OCH3 is 2. The van der Waals surface area contributed by atoms with Crippen LogP contribution in [0.5, 0.6) is 0 Å². The van der Waals surface area contributed by atoms with Crippen molar-refractivity contribution in [1.82, 2.24) is 19.8 Å². The Labute approximate surface area is 344 Å². The van der Waals surface area contributed by atoms with Gasteiger partial charge in [-0.25, -0.2) is 13.1 Å². The number of ether oxygens (including phenoxy) is 2. The molecule has 4 atom stereocenters. The number of hydrogen-bond acceptors (Lipinski definition) is 11. The molecule has 0 bridgehead atoms. The first-order valence-corrected chi connectivity index (χ1v) is 20.6. The maximum atomic E-state index is 14.1. The molecule has 3 aromatic rings. The van der Waals surface area contributed by atoms with Crippen LogP contribution in [-0.4, -0.2) is 113 Å². The molecule has 0 heterocycles. The molecular weight excluding hydrogens is 792 g/mol. The fraction of sp³-hybridized carbons (Fsp3) is 0.450. The predicted molar refractivity (Wildman–Crippen MR) is 218 cm³/mol. The second-order valence-corrected chi connectivity index (χ2v) is 16.1. The minimum absolute atomic E-state index is 0.00614. The van der Waals surface area contributed by atoms with Gasteiger partial charge in [-0.1, -0.05) is 72.6 Å². The number of halogens is 1. The maximum Gasteiger partial charge on any atom is 0.306 e. The van der Waals surface area contributed by atoms with Gasteiger partial charge in [0, 0.05) is 63.9 Å². The number of unbranched alkanes of at least 4 members (excludes halogenated alkanes) is 1. The molecule has 0 spiro atoms. The van der Waals surface area contributed by atoms with E-state index >= 15 is 0 Å². The second-order valence-electron chi connectivity index (χ2n) is 13.9. The zero-order valence-electron chi connectivity index (χ0n) is 33.2. The summed E-state index contributed by atoms with van der Waals surface area (Å²) in [6.07, 6.45) is 1.25. The van der Waals surface area contributed by atoms with E-state index in [4.69, 9.17) is 26.8 Å². The van der Waals surface area contributed by atoms with Crippen molar-refractivity contribution in [1.29, 1.82) is 0 Å². The normalized spacial score (nSPS) is 13.4. The van der Waals surface area contributed by atoms with Crippen molar-refractivity contribution in [3.63, 3.8) is 0 Å². The lowest BCUT2D eigenvalue weighted by Gasteiger charge is -2.33. The number of para-hydroxylation sites is 1. The van der Waals surface area contributed by atoms with Gasteiger partial charge in [0.05, 0.1) is 31.0 Å². The van der Waals surface area contributed by atoms with Crippen LogP contribution in [0.1, 0.15) is 43.2 Å². The summed E-state index contributed by atoms with van der Waals surface area (Å²) in [6, 6.07) is 19.1. The van der Waals surface area contributed by atoms with Crippen LogP contribution in [0.15, 0.2) is 83.8 Å². The fourth-order valence-corrected chi connectivity index (χ4v) is 7.77. The van der Waals surface area contributed by atoms with Gasteiger partial charge in [-0.05, 0) is 55.0 Å². The lowest BCUT2D eigenvalue weighted by atomic mass is 9.93. The van der Waals surface area contributed by atoms with Gasteiger partial charge in [0.1, 0.15) is 6.04 Å². The Kier molecular flexibility index (Phi) is 19.2. The third-order valence-corrected chi connectivity index (χ3v) is 11.5. The quantitative estimate of drug-likeness (QED) is 0.0513. The summed E-state index contributed by atoms with van der Waals surface area (Å²) in [7, 11) is 1.62. The van der Waals surface area contributed by atoms with Gasteiger partial charge in [0.15, 0.2) is 4.90 Å². The first-order valence-electron chi connectivity index (χ1n) is 18.7. The molecule has 0 unspecified atom stereocenters. The van der Waals surface area contributed by atoms with Crippen molar-refractivity contribution in [2.75, 3.05) is 48.0 Å². The molecule has 58 heavy (non-hydrogen) atoms. The summed E-state index contributed by atoms with van der Waals surface area (Å²) in [5.74, 6) is -2.52. The van der Waals surface area contributed by atoms with E-state index in [9.17, 15) is 37.7 Å². The van der Waals surface area contributed by atoms with Gasteiger partial charge in [0.2, 0.25) is 27.7 Å². The van der Waals surface area contributed by atoms with Gasteiger partial charge in [-0.2, -0.15) is 0 Å². The third kappa shape index (κ3) is 14.8. The lowest BCUT2D eigenvalue weighted by molar-refractivity contribution is -0.387. The van der Waals surface area contributed by atoms with E-state index in [1.165, 1.54) is 36.2 Å². The highest BCUT2D eigenvalue weighted by atomic mass is 35.5. The van der Waals surface area contributed by atoms with Crippen LogP contribution < -0.4 is 15.8 Å². The Morgan fingerprint density at radius 3 is 2.10 bits per heavy atom. The summed E-state index contributed by atoms with van der Waals surface area (Å²) in [4.78, 5) is 66.6. The van der Waals surface area contributed by atoms with Gasteiger partial charge >= 0.3 is 5.97 Å². The molecular formula is C40H53ClN6O10S. The van der Waals surface area contributed by atoms with Crippen LogP contribution in [0.2, 0.25) is 5.02 Å². The van der Waals surface area contributed by atoms with Gasteiger partial charge in [0.25, 0.3) is 5.69 Å². The number of nitrogens with two attached hydrogens (primary N) is 1. The SMILES string of the molecule is COC[C@H](N)C(=O)N(C)[C@H](CC(=O)NC[C@H](CCCCNS(=O)(=O)c1ccccc1[N+](=O)[O-])N(C)C(=O)[C@@H](CC(=O)OC)Cc1ccccc1)Cc1ccc(Cl)cc1. The number of nitro benzene ring substituents is 1. The van der Waals surface area contributed by atoms with E-state index in [2.05, 4.69) is 10.0 Å². The molecule has 3 rings (SSSR count). The Morgan fingerprint density at radius 2 is 1.47 bits per heavy atom. The number of likely N-dealkylation sites (N-methyl/N-ethyl adjacent to an activating group) is 2. The maximum absolute atomic E-state index is 14.1. The van der Waals surface area contributed by atoms with Crippen molar-refractivity contribution in [2.24, 2.45) is 11.7 Å². The molecule has 0 fully saturated rings. The summed E-state index contributed by atoms with van der Waals surface area (Å²) in [5, 5.41) is 14.9. The number of rotatable bonds is 24. The molecule has 0 radical (unpaired) electrons. The number of sulfonamides is 1. The van der Waals surface area contributed by atoms with E-state index in [-0.39, 0.29) is 44.9 Å². The first kappa shape index (κ1) is 47.4. The van der Waals surface area contributed by atoms with Gasteiger partial charge in [-0.15, -0.1) is 0 Å². The number of nitrogens with zero attached hydrogens (tertiary/aromatic N) is 3. The minimum atomic E-state index is -4.21. The smallest absolute Gasteiger partial charge is 0.306 e. The number of carbonyl (C=O) groups is 4. The Bertz CT molecular complexity index is 1940. The molecule has 0 aliphatic heterocycles. The van der Waals surface area contributed by atoms with Crippen LogP contribution in [0, 0.1) is 16.0 Å². The average Bonchev–Trinajstić information content (AvgIpc) is 3.21. The molecule has 3 amide bonds. The standard InChI is InChI=1S/C40H53ClN6O10S/c1-45(39(50)30(24-38(49)57-4)22-28-12-6-5-7-13-28)32(14-10-11-21-44-58(54,55)36-16-9-8-15-35(36)47(52)53)26-43-37(48)25-33(23-29-17-19-31(41)20-18-29)46(2)40(51)34(42)27-56-3/h5-9,12-13,15-20,30,32-34,44H,10-11,14,21-27,42H2,1-4H3,(H,43,48)/t30-,32+,33+,34+/m1/s1.